The summed E-state index contributed by atoms with van der Waals surface area (Å²) in [6.07, 6.45) is 0. The molecule has 1 fully saturated rings. The molecule has 0 bridgehead atoms. The number of carboxylic acids is 1. The number of rotatable bonds is 3. The van der Waals surface area contributed by atoms with Crippen LogP contribution >= 0.6 is 0 Å². The van der Waals surface area contributed by atoms with Gasteiger partial charge in [0, 0.05) is 30.4 Å². The fraction of sp³-hybridized carbons (Fsp3) is 0.235. The Balaban J connectivity index is 1.60. The number of para-hydroxylation sites is 1. The zero-order valence-corrected chi connectivity index (χ0v) is 11.5. The Bertz CT molecular complexity index is 830. The highest BCUT2D eigenvalue weighted by Gasteiger charge is 2.32. The first-order valence-electron chi connectivity index (χ1n) is 7.06. The van der Waals surface area contributed by atoms with Gasteiger partial charge in [-0.2, -0.15) is 0 Å². The molecule has 3 aromatic rings. The fourth-order valence-corrected chi connectivity index (χ4v) is 2.98. The summed E-state index contributed by atoms with van der Waals surface area (Å²) in [5.41, 5.74) is 2.95. The van der Waals surface area contributed by atoms with Crippen molar-refractivity contribution in [2.24, 2.45) is 5.92 Å². The lowest BCUT2D eigenvalue weighted by atomic mass is 9.99. The molecule has 0 atom stereocenters. The van der Waals surface area contributed by atoms with Crippen molar-refractivity contribution in [3.05, 3.63) is 48.0 Å². The second kappa shape index (κ2) is 4.60. The number of nitrogens with zero attached hydrogens (tertiary/aromatic N) is 1. The first kappa shape index (κ1) is 12.4. The second-order valence-corrected chi connectivity index (χ2v) is 5.66. The van der Waals surface area contributed by atoms with E-state index in [4.69, 9.17) is 9.52 Å². The molecule has 0 saturated carbocycles. The molecule has 0 amide bonds. The Morgan fingerprint density at radius 1 is 1.14 bits per heavy atom. The van der Waals surface area contributed by atoms with Crippen molar-refractivity contribution >= 4 is 27.9 Å². The van der Waals surface area contributed by atoms with E-state index in [9.17, 15) is 4.79 Å². The summed E-state index contributed by atoms with van der Waals surface area (Å²) in [6, 6.07) is 14.3. The van der Waals surface area contributed by atoms with E-state index in [1.54, 1.807) is 0 Å². The summed E-state index contributed by atoms with van der Waals surface area (Å²) in [4.78, 5) is 13.0. The first-order valence-corrected chi connectivity index (χ1v) is 7.06. The highest BCUT2D eigenvalue weighted by molar-refractivity contribution is 6.04. The topological polar surface area (TPSA) is 53.7 Å². The quantitative estimate of drug-likeness (QED) is 0.801. The number of hydrogen-bond acceptors (Lipinski definition) is 3. The third-order valence-corrected chi connectivity index (χ3v) is 4.16. The van der Waals surface area contributed by atoms with E-state index in [-0.39, 0.29) is 5.92 Å². The summed E-state index contributed by atoms with van der Waals surface area (Å²) in [6.45, 7) is 2.04. The van der Waals surface area contributed by atoms with Crippen molar-refractivity contribution in [2.45, 2.75) is 6.54 Å². The van der Waals surface area contributed by atoms with Crippen molar-refractivity contribution in [2.75, 3.05) is 13.1 Å². The molecule has 1 aromatic heterocycles. The normalized spacial score (nSPS) is 16.4. The number of aliphatic carboxylic acids is 1. The Morgan fingerprint density at radius 2 is 1.90 bits per heavy atom. The van der Waals surface area contributed by atoms with Gasteiger partial charge in [0.05, 0.1) is 5.92 Å². The molecule has 1 aliphatic rings. The molecule has 4 nitrogen and oxygen atoms in total. The van der Waals surface area contributed by atoms with Crippen molar-refractivity contribution in [3.63, 3.8) is 0 Å². The van der Waals surface area contributed by atoms with E-state index >= 15 is 0 Å². The molecule has 1 N–H and O–H groups in total. The van der Waals surface area contributed by atoms with Gasteiger partial charge in [0.15, 0.2) is 0 Å². The number of hydrogen-bond donors (Lipinski definition) is 1. The van der Waals surface area contributed by atoms with E-state index in [2.05, 4.69) is 29.2 Å². The van der Waals surface area contributed by atoms with E-state index in [1.807, 2.05) is 18.2 Å². The van der Waals surface area contributed by atoms with Gasteiger partial charge in [-0.25, -0.2) is 0 Å². The van der Waals surface area contributed by atoms with Crippen LogP contribution in [-0.2, 0) is 11.3 Å². The first-order chi connectivity index (χ1) is 10.2. The Morgan fingerprint density at radius 3 is 2.71 bits per heavy atom. The lowest BCUT2D eigenvalue weighted by Gasteiger charge is -2.36. The van der Waals surface area contributed by atoms with Gasteiger partial charge in [-0.3, -0.25) is 9.69 Å². The minimum absolute atomic E-state index is 0.208. The van der Waals surface area contributed by atoms with Crippen LogP contribution in [0.2, 0.25) is 0 Å². The number of furan rings is 1. The standard InChI is InChI=1S/C17H15NO3/c19-17(20)12-9-18(10-12)8-11-5-6-14-13-3-1-2-4-15(13)21-16(14)7-11/h1-7,12H,8-10H2,(H,19,20). The Hall–Kier alpha value is -2.33. The average molecular weight is 281 g/mol. The smallest absolute Gasteiger partial charge is 0.309 e. The van der Waals surface area contributed by atoms with Crippen molar-refractivity contribution in [1.29, 1.82) is 0 Å². The lowest BCUT2D eigenvalue weighted by molar-refractivity contribution is -0.147. The average Bonchev–Trinajstić information content (AvgIpc) is 2.79. The highest BCUT2D eigenvalue weighted by atomic mass is 16.4. The monoisotopic (exact) mass is 281 g/mol. The molecule has 4 heteroatoms. The number of carboxylic acid groups (broad SMARTS) is 1. The molecule has 1 saturated heterocycles. The Kier molecular flexibility index (Phi) is 2.72. The fourth-order valence-electron chi connectivity index (χ4n) is 2.98. The van der Waals surface area contributed by atoms with Crippen LogP contribution < -0.4 is 0 Å². The maximum Gasteiger partial charge on any atom is 0.309 e. The molecule has 0 unspecified atom stereocenters. The van der Waals surface area contributed by atoms with Crippen LogP contribution in [-0.4, -0.2) is 29.1 Å². The summed E-state index contributed by atoms with van der Waals surface area (Å²) in [5, 5.41) is 11.2. The van der Waals surface area contributed by atoms with E-state index in [0.29, 0.717) is 13.1 Å². The van der Waals surface area contributed by atoms with Gasteiger partial charge in [0.25, 0.3) is 0 Å². The molecule has 0 radical (unpaired) electrons. The van der Waals surface area contributed by atoms with Crippen LogP contribution in [0.5, 0.6) is 0 Å². The summed E-state index contributed by atoms with van der Waals surface area (Å²) in [5.74, 6) is -0.904. The largest absolute Gasteiger partial charge is 0.481 e. The molecule has 0 spiro atoms. The summed E-state index contributed by atoms with van der Waals surface area (Å²) in [7, 11) is 0. The number of fused-ring (bicyclic) bond motifs is 3. The van der Waals surface area contributed by atoms with Crippen LogP contribution in [0.15, 0.2) is 46.9 Å². The molecule has 106 valence electrons. The van der Waals surface area contributed by atoms with Crippen molar-refractivity contribution in [3.8, 4) is 0 Å². The molecule has 2 heterocycles. The molecular formula is C17H15NO3. The van der Waals surface area contributed by atoms with Crippen LogP contribution in [0.3, 0.4) is 0 Å². The van der Waals surface area contributed by atoms with Crippen LogP contribution in [0.25, 0.3) is 21.9 Å². The van der Waals surface area contributed by atoms with Crippen LogP contribution in [0.4, 0.5) is 0 Å². The SMILES string of the molecule is O=C(O)C1CN(Cc2ccc3c(c2)oc2ccccc23)C1. The van der Waals surface area contributed by atoms with Gasteiger partial charge in [0.1, 0.15) is 11.2 Å². The lowest BCUT2D eigenvalue weighted by Crippen LogP contribution is -2.49. The van der Waals surface area contributed by atoms with E-state index < -0.39 is 5.97 Å². The van der Waals surface area contributed by atoms with Crippen molar-refractivity contribution in [1.82, 2.24) is 4.90 Å². The van der Waals surface area contributed by atoms with Crippen molar-refractivity contribution < 1.29 is 14.3 Å². The Labute approximate surface area is 121 Å². The molecule has 0 aliphatic carbocycles. The van der Waals surface area contributed by atoms with Gasteiger partial charge >= 0.3 is 5.97 Å². The van der Waals surface area contributed by atoms with Gasteiger partial charge in [-0.15, -0.1) is 0 Å². The zero-order valence-electron chi connectivity index (χ0n) is 11.5. The van der Waals surface area contributed by atoms with Crippen LogP contribution in [0.1, 0.15) is 5.56 Å². The van der Waals surface area contributed by atoms with E-state index in [1.165, 1.54) is 0 Å². The molecular weight excluding hydrogens is 266 g/mol. The minimum atomic E-state index is -0.695. The van der Waals surface area contributed by atoms with Gasteiger partial charge < -0.3 is 9.52 Å². The number of carbonyl (C=O) groups is 1. The molecule has 4 rings (SSSR count). The maximum atomic E-state index is 10.8. The summed E-state index contributed by atoms with van der Waals surface area (Å²) < 4.78 is 5.87. The second-order valence-electron chi connectivity index (χ2n) is 5.66. The number of benzene rings is 2. The molecule has 2 aromatic carbocycles. The maximum absolute atomic E-state index is 10.8. The predicted molar refractivity (Wildman–Crippen MR) is 80.1 cm³/mol. The molecule has 1 aliphatic heterocycles. The molecule has 21 heavy (non-hydrogen) atoms. The third-order valence-electron chi connectivity index (χ3n) is 4.16. The third kappa shape index (κ3) is 2.08. The van der Waals surface area contributed by atoms with Crippen LogP contribution in [0, 0.1) is 5.92 Å². The van der Waals surface area contributed by atoms with E-state index in [0.717, 1.165) is 34.0 Å². The van der Waals surface area contributed by atoms with Gasteiger partial charge in [0.2, 0.25) is 0 Å². The minimum Gasteiger partial charge on any atom is -0.481 e. The number of likely N-dealkylation sites (tertiary alicyclic amines) is 1. The predicted octanol–water partition coefficient (Wildman–Crippen LogP) is 3.10. The zero-order chi connectivity index (χ0) is 14.4. The van der Waals surface area contributed by atoms with Gasteiger partial charge in [-0.05, 0) is 17.7 Å². The van der Waals surface area contributed by atoms with Gasteiger partial charge in [-0.1, -0.05) is 30.3 Å². The highest BCUT2D eigenvalue weighted by Crippen LogP contribution is 2.29. The summed E-state index contributed by atoms with van der Waals surface area (Å²) >= 11 is 0.